The Morgan fingerprint density at radius 3 is 2.76 bits per heavy atom. The quantitative estimate of drug-likeness (QED) is 0.464. The molecular weight excluding hydrogens is 392 g/mol. The van der Waals surface area contributed by atoms with Gasteiger partial charge in [-0.2, -0.15) is 10.2 Å². The molecule has 29 heavy (non-hydrogen) atoms. The second-order valence-corrected chi connectivity index (χ2v) is 7.65. The molecule has 0 saturated carbocycles. The molecule has 0 amide bonds. The minimum atomic E-state index is -0.487. The van der Waals surface area contributed by atoms with Gasteiger partial charge in [0.15, 0.2) is 0 Å². The van der Waals surface area contributed by atoms with E-state index in [9.17, 15) is 15.4 Å². The molecule has 1 unspecified atom stereocenters. The van der Waals surface area contributed by atoms with E-state index in [-0.39, 0.29) is 11.7 Å². The van der Waals surface area contributed by atoms with E-state index in [1.165, 1.54) is 12.1 Å². The second kappa shape index (κ2) is 7.98. The van der Waals surface area contributed by atoms with Crippen LogP contribution >= 0.6 is 11.3 Å². The molecule has 0 spiro atoms. The van der Waals surface area contributed by atoms with Crippen LogP contribution in [0.15, 0.2) is 40.2 Å². The third kappa shape index (κ3) is 3.83. The van der Waals surface area contributed by atoms with Gasteiger partial charge < -0.3 is 9.42 Å². The average molecular weight is 410 g/mol. The molecule has 1 aliphatic rings. The SMILES string of the molecule is CC(c1nc(-c2cccs2)no1)N1CCN(c2ccc([N+](=O)[O-])cc2C#N)CC1. The van der Waals surface area contributed by atoms with E-state index in [4.69, 9.17) is 4.52 Å². The van der Waals surface area contributed by atoms with Crippen LogP contribution in [0.5, 0.6) is 0 Å². The van der Waals surface area contributed by atoms with Crippen LogP contribution in [0.25, 0.3) is 10.7 Å². The fourth-order valence-corrected chi connectivity index (χ4v) is 4.07. The maximum Gasteiger partial charge on any atom is 0.270 e. The molecule has 0 N–H and O–H groups in total. The molecule has 1 atom stereocenters. The second-order valence-electron chi connectivity index (χ2n) is 6.70. The van der Waals surface area contributed by atoms with Crippen molar-refractivity contribution in [2.45, 2.75) is 13.0 Å². The van der Waals surface area contributed by atoms with Crippen LogP contribution in [0.4, 0.5) is 11.4 Å². The molecule has 1 aromatic carbocycles. The van der Waals surface area contributed by atoms with Gasteiger partial charge in [0, 0.05) is 38.3 Å². The van der Waals surface area contributed by atoms with Crippen molar-refractivity contribution in [1.82, 2.24) is 15.0 Å². The highest BCUT2D eigenvalue weighted by Gasteiger charge is 2.27. The van der Waals surface area contributed by atoms with Crippen molar-refractivity contribution >= 4 is 22.7 Å². The summed E-state index contributed by atoms with van der Waals surface area (Å²) in [7, 11) is 0. The third-order valence-corrected chi connectivity index (χ3v) is 5.92. The molecule has 0 radical (unpaired) electrons. The van der Waals surface area contributed by atoms with E-state index in [1.807, 2.05) is 24.4 Å². The highest BCUT2D eigenvalue weighted by atomic mass is 32.1. The molecule has 0 bridgehead atoms. The molecule has 3 heterocycles. The monoisotopic (exact) mass is 410 g/mol. The van der Waals surface area contributed by atoms with Crippen LogP contribution in [0.2, 0.25) is 0 Å². The molecule has 4 rings (SSSR count). The Balaban J connectivity index is 1.43. The van der Waals surface area contributed by atoms with Crippen molar-refractivity contribution in [3.63, 3.8) is 0 Å². The molecule has 10 heteroatoms. The molecule has 148 valence electrons. The maximum absolute atomic E-state index is 10.9. The number of benzene rings is 1. The summed E-state index contributed by atoms with van der Waals surface area (Å²) in [5, 5.41) is 26.4. The minimum absolute atomic E-state index is 0.0225. The highest BCUT2D eigenvalue weighted by Crippen LogP contribution is 2.29. The summed E-state index contributed by atoms with van der Waals surface area (Å²) in [6.07, 6.45) is 0. The molecule has 3 aromatic rings. The first-order valence-electron chi connectivity index (χ1n) is 9.12. The Morgan fingerprint density at radius 2 is 2.10 bits per heavy atom. The summed E-state index contributed by atoms with van der Waals surface area (Å²) < 4.78 is 5.47. The summed E-state index contributed by atoms with van der Waals surface area (Å²) in [6.45, 7) is 4.93. The number of nitro groups is 1. The standard InChI is InChI=1S/C19H18N6O3S/c1-13(19-21-18(22-28-19)17-3-2-10-29-17)23-6-8-24(9-7-23)16-5-4-15(25(26)27)11-14(16)12-20/h2-5,10-11,13H,6-9H2,1H3. The number of thiophene rings is 1. The van der Waals surface area contributed by atoms with E-state index in [1.54, 1.807) is 17.4 Å². The summed E-state index contributed by atoms with van der Waals surface area (Å²) in [6, 6.07) is 10.4. The zero-order valence-corrected chi connectivity index (χ0v) is 16.5. The minimum Gasteiger partial charge on any atom is -0.368 e. The van der Waals surface area contributed by atoms with Gasteiger partial charge in [-0.1, -0.05) is 11.2 Å². The molecule has 1 aliphatic heterocycles. The molecule has 2 aromatic heterocycles. The molecule has 9 nitrogen and oxygen atoms in total. The van der Waals surface area contributed by atoms with Gasteiger partial charge in [-0.25, -0.2) is 0 Å². The van der Waals surface area contributed by atoms with Crippen molar-refractivity contribution < 1.29 is 9.45 Å². The number of nitrogens with zero attached hydrogens (tertiary/aromatic N) is 6. The van der Waals surface area contributed by atoms with Crippen LogP contribution in [0.3, 0.4) is 0 Å². The van der Waals surface area contributed by atoms with Gasteiger partial charge in [0.25, 0.3) is 5.69 Å². The average Bonchev–Trinajstić information content (AvgIpc) is 3.44. The number of non-ortho nitro benzene ring substituents is 1. The lowest BCUT2D eigenvalue weighted by molar-refractivity contribution is -0.384. The van der Waals surface area contributed by atoms with Gasteiger partial charge in [-0.3, -0.25) is 15.0 Å². The Morgan fingerprint density at radius 1 is 1.31 bits per heavy atom. The number of piperazine rings is 1. The number of aromatic nitrogens is 2. The predicted molar refractivity (Wildman–Crippen MR) is 108 cm³/mol. The van der Waals surface area contributed by atoms with E-state index in [0.717, 1.165) is 23.7 Å². The normalized spacial score (nSPS) is 15.8. The van der Waals surface area contributed by atoms with Gasteiger partial charge in [0.1, 0.15) is 6.07 Å². The lowest BCUT2D eigenvalue weighted by Gasteiger charge is -2.38. The molecule has 0 aliphatic carbocycles. The largest absolute Gasteiger partial charge is 0.368 e. The van der Waals surface area contributed by atoms with E-state index in [0.29, 0.717) is 30.4 Å². The van der Waals surface area contributed by atoms with Gasteiger partial charge in [-0.15, -0.1) is 11.3 Å². The first-order chi connectivity index (χ1) is 14.1. The maximum atomic E-state index is 10.9. The summed E-state index contributed by atoms with van der Waals surface area (Å²) >= 11 is 1.57. The fourth-order valence-electron chi connectivity index (χ4n) is 3.42. The van der Waals surface area contributed by atoms with Crippen molar-refractivity contribution in [3.05, 3.63) is 57.3 Å². The topological polar surface area (TPSA) is 112 Å². The van der Waals surface area contributed by atoms with Crippen LogP contribution in [0.1, 0.15) is 24.4 Å². The van der Waals surface area contributed by atoms with Crippen molar-refractivity contribution in [1.29, 1.82) is 5.26 Å². The fraction of sp³-hybridized carbons (Fsp3) is 0.316. The number of anilines is 1. The van der Waals surface area contributed by atoms with E-state index in [2.05, 4.69) is 26.0 Å². The van der Waals surface area contributed by atoms with Crippen molar-refractivity contribution in [2.24, 2.45) is 0 Å². The summed E-state index contributed by atoms with van der Waals surface area (Å²) in [4.78, 5) is 20.3. The van der Waals surface area contributed by atoms with Crippen LogP contribution in [-0.2, 0) is 0 Å². The lowest BCUT2D eigenvalue weighted by atomic mass is 10.1. The smallest absolute Gasteiger partial charge is 0.270 e. The Labute approximate surface area is 170 Å². The zero-order chi connectivity index (χ0) is 20.4. The Hall–Kier alpha value is -3.29. The highest BCUT2D eigenvalue weighted by molar-refractivity contribution is 7.13. The van der Waals surface area contributed by atoms with E-state index >= 15 is 0 Å². The molecule has 1 fully saturated rings. The summed E-state index contributed by atoms with van der Waals surface area (Å²) in [5.41, 5.74) is 0.969. The number of nitriles is 1. The number of rotatable bonds is 5. The lowest BCUT2D eigenvalue weighted by Crippen LogP contribution is -2.47. The number of hydrogen-bond acceptors (Lipinski definition) is 9. The van der Waals surface area contributed by atoms with Gasteiger partial charge in [-0.05, 0) is 24.4 Å². The first-order valence-corrected chi connectivity index (χ1v) is 10.00. The molecular formula is C19H18N6O3S. The Bertz CT molecular complexity index is 1050. The predicted octanol–water partition coefficient (Wildman–Crippen LogP) is 3.46. The van der Waals surface area contributed by atoms with Gasteiger partial charge >= 0.3 is 0 Å². The van der Waals surface area contributed by atoms with E-state index < -0.39 is 4.92 Å². The van der Waals surface area contributed by atoms with Crippen molar-refractivity contribution in [2.75, 3.05) is 31.1 Å². The third-order valence-electron chi connectivity index (χ3n) is 5.05. The van der Waals surface area contributed by atoms with Gasteiger partial charge in [0.2, 0.25) is 11.7 Å². The van der Waals surface area contributed by atoms with Crippen LogP contribution in [0, 0.1) is 21.4 Å². The number of hydrogen-bond donors (Lipinski definition) is 0. The number of nitro benzene ring substituents is 1. The molecule has 1 saturated heterocycles. The Kier molecular flexibility index (Phi) is 5.24. The van der Waals surface area contributed by atoms with Crippen LogP contribution in [-0.4, -0.2) is 46.1 Å². The van der Waals surface area contributed by atoms with Crippen LogP contribution < -0.4 is 4.90 Å². The first kappa shape index (κ1) is 19.0. The zero-order valence-electron chi connectivity index (χ0n) is 15.7. The van der Waals surface area contributed by atoms with Crippen molar-refractivity contribution in [3.8, 4) is 16.8 Å². The van der Waals surface area contributed by atoms with Gasteiger partial charge in [0.05, 0.1) is 27.1 Å². The summed E-state index contributed by atoms with van der Waals surface area (Å²) in [5.74, 6) is 1.18.